The number of benzene rings is 6. The van der Waals surface area contributed by atoms with Gasteiger partial charge < -0.3 is 5.32 Å². The third kappa shape index (κ3) is 4.04. The minimum atomic E-state index is 0.940. The van der Waals surface area contributed by atoms with Crippen LogP contribution in [-0.4, -0.2) is 0 Å². The Hall–Kier alpha value is -4.36. The molecule has 0 unspecified atom stereocenters. The van der Waals surface area contributed by atoms with Crippen LogP contribution in [0.15, 0.2) is 133 Å². The van der Waals surface area contributed by atoms with E-state index in [2.05, 4.69) is 139 Å². The largest absolute Gasteiger partial charge is 0.355 e. The Morgan fingerprint density at radius 2 is 1.00 bits per heavy atom. The molecule has 0 heterocycles. The fraction of sp³-hybridized carbons (Fsp3) is 0.0303. The Bertz CT molecular complexity index is 1440. The van der Waals surface area contributed by atoms with Gasteiger partial charge in [0.25, 0.3) is 0 Å². The average Bonchev–Trinajstić information content (AvgIpc) is 2.90. The summed E-state index contributed by atoms with van der Waals surface area (Å²) in [6.45, 7) is 0. The molecule has 34 heavy (non-hydrogen) atoms. The molecule has 1 nitrogen and oxygen atoms in total. The smallest absolute Gasteiger partial charge is 0.0463 e. The van der Waals surface area contributed by atoms with Crippen LogP contribution in [0.5, 0.6) is 0 Å². The van der Waals surface area contributed by atoms with Crippen LogP contribution in [0.4, 0.5) is 11.4 Å². The third-order valence-electron chi connectivity index (χ3n) is 6.52. The highest BCUT2D eigenvalue weighted by molar-refractivity contribution is 5.95. The van der Waals surface area contributed by atoms with Crippen LogP contribution in [0.2, 0.25) is 0 Å². The van der Waals surface area contributed by atoms with Crippen molar-refractivity contribution in [3.8, 4) is 11.1 Å². The summed E-state index contributed by atoms with van der Waals surface area (Å²) in [7, 11) is 0. The van der Waals surface area contributed by atoms with Crippen LogP contribution in [-0.2, 0) is 6.42 Å². The predicted octanol–water partition coefficient (Wildman–Crippen LogP) is 8.99. The highest BCUT2D eigenvalue weighted by Crippen LogP contribution is 2.29. The Morgan fingerprint density at radius 3 is 1.74 bits per heavy atom. The molecule has 0 aliphatic rings. The Kier molecular flexibility index (Phi) is 5.29. The zero-order valence-corrected chi connectivity index (χ0v) is 18.9. The van der Waals surface area contributed by atoms with Crippen molar-refractivity contribution in [1.82, 2.24) is 0 Å². The first-order chi connectivity index (χ1) is 16.8. The number of hydrogen-bond donors (Lipinski definition) is 1. The third-order valence-corrected chi connectivity index (χ3v) is 6.52. The first-order valence-corrected chi connectivity index (χ1v) is 11.7. The van der Waals surface area contributed by atoms with Gasteiger partial charge in [-0.2, -0.15) is 0 Å². The van der Waals surface area contributed by atoms with Crippen molar-refractivity contribution in [2.75, 3.05) is 5.32 Å². The van der Waals surface area contributed by atoms with E-state index in [0.717, 1.165) is 17.8 Å². The van der Waals surface area contributed by atoms with Crippen LogP contribution in [0, 0.1) is 0 Å². The molecule has 0 bridgehead atoms. The molecule has 0 fully saturated rings. The van der Waals surface area contributed by atoms with E-state index < -0.39 is 0 Å². The summed E-state index contributed by atoms with van der Waals surface area (Å²) in [5.41, 5.74) is 7.37. The summed E-state index contributed by atoms with van der Waals surface area (Å²) in [6, 6.07) is 47.7. The Morgan fingerprint density at radius 1 is 0.441 bits per heavy atom. The molecule has 6 rings (SSSR count). The minimum absolute atomic E-state index is 0.940. The van der Waals surface area contributed by atoms with Gasteiger partial charge in [0.15, 0.2) is 0 Å². The van der Waals surface area contributed by atoms with Gasteiger partial charge in [-0.25, -0.2) is 0 Å². The molecule has 0 radical (unpaired) electrons. The first-order valence-electron chi connectivity index (χ1n) is 11.7. The van der Waals surface area contributed by atoms with E-state index in [0.29, 0.717) is 0 Å². The number of rotatable bonds is 5. The molecule has 162 valence electrons. The zero-order chi connectivity index (χ0) is 22.7. The van der Waals surface area contributed by atoms with Gasteiger partial charge in [0, 0.05) is 16.8 Å². The highest BCUT2D eigenvalue weighted by Gasteiger charge is 2.05. The molecule has 6 aromatic rings. The van der Waals surface area contributed by atoms with Crippen LogP contribution in [0.3, 0.4) is 0 Å². The Labute approximate surface area is 200 Å². The van der Waals surface area contributed by atoms with Gasteiger partial charge in [0.1, 0.15) is 0 Å². The van der Waals surface area contributed by atoms with Crippen LogP contribution < -0.4 is 5.32 Å². The second-order valence-electron chi connectivity index (χ2n) is 8.74. The summed E-state index contributed by atoms with van der Waals surface area (Å²) < 4.78 is 0. The van der Waals surface area contributed by atoms with E-state index in [1.54, 1.807) is 0 Å². The fourth-order valence-electron chi connectivity index (χ4n) is 4.72. The topological polar surface area (TPSA) is 12.0 Å². The van der Waals surface area contributed by atoms with Crippen LogP contribution >= 0.6 is 0 Å². The summed E-state index contributed by atoms with van der Waals surface area (Å²) in [5.74, 6) is 0. The van der Waals surface area contributed by atoms with Gasteiger partial charge in [-0.15, -0.1) is 0 Å². The molecule has 1 heteroatoms. The van der Waals surface area contributed by atoms with Gasteiger partial charge in [-0.05, 0) is 63.0 Å². The van der Waals surface area contributed by atoms with E-state index in [1.807, 2.05) is 0 Å². The second-order valence-corrected chi connectivity index (χ2v) is 8.74. The van der Waals surface area contributed by atoms with Crippen molar-refractivity contribution >= 4 is 32.9 Å². The lowest BCUT2D eigenvalue weighted by Crippen LogP contribution is -1.92. The van der Waals surface area contributed by atoms with Crippen molar-refractivity contribution in [2.45, 2.75) is 6.42 Å². The monoisotopic (exact) mass is 435 g/mol. The lowest BCUT2D eigenvalue weighted by Gasteiger charge is -2.11. The Balaban J connectivity index is 1.20. The summed E-state index contributed by atoms with van der Waals surface area (Å²) in [4.78, 5) is 0. The maximum atomic E-state index is 3.58. The molecule has 0 saturated carbocycles. The normalized spacial score (nSPS) is 11.1. The van der Waals surface area contributed by atoms with Gasteiger partial charge in [-0.1, -0.05) is 115 Å². The van der Waals surface area contributed by atoms with Crippen molar-refractivity contribution in [1.29, 1.82) is 0 Å². The molecule has 6 aromatic carbocycles. The molecule has 0 atom stereocenters. The molecular weight excluding hydrogens is 410 g/mol. The molecule has 0 aliphatic carbocycles. The molecule has 0 spiro atoms. The van der Waals surface area contributed by atoms with Crippen molar-refractivity contribution in [3.63, 3.8) is 0 Å². The predicted molar refractivity (Wildman–Crippen MR) is 146 cm³/mol. The molecule has 1 N–H and O–H groups in total. The molecule has 0 saturated heterocycles. The van der Waals surface area contributed by atoms with Crippen molar-refractivity contribution in [2.24, 2.45) is 0 Å². The maximum absolute atomic E-state index is 3.58. The molecular formula is C33H25N. The number of nitrogens with one attached hydrogen (secondary N) is 1. The minimum Gasteiger partial charge on any atom is -0.355 e. The summed E-state index contributed by atoms with van der Waals surface area (Å²) in [5, 5.41) is 8.69. The lowest BCUT2D eigenvalue weighted by molar-refractivity contribution is 1.21. The first kappa shape index (κ1) is 20.3. The number of hydrogen-bond acceptors (Lipinski definition) is 1. The molecule has 0 amide bonds. The molecule has 0 aliphatic heterocycles. The van der Waals surface area contributed by atoms with E-state index in [9.17, 15) is 0 Å². The maximum Gasteiger partial charge on any atom is 0.0463 e. The lowest BCUT2D eigenvalue weighted by atomic mass is 9.97. The van der Waals surface area contributed by atoms with Gasteiger partial charge in [-0.3, -0.25) is 0 Å². The van der Waals surface area contributed by atoms with Gasteiger partial charge in [0.2, 0.25) is 0 Å². The SMILES string of the molecule is c1ccc2c(Cc3ccc(-c4ccc(Nc5cccc6ccccc56)cc4)cc3)cccc2c1. The van der Waals surface area contributed by atoms with Crippen LogP contribution in [0.1, 0.15) is 11.1 Å². The summed E-state index contributed by atoms with van der Waals surface area (Å²) >= 11 is 0. The molecule has 0 aromatic heterocycles. The highest BCUT2D eigenvalue weighted by atomic mass is 14.9. The number of anilines is 2. The fourth-order valence-corrected chi connectivity index (χ4v) is 4.72. The van der Waals surface area contributed by atoms with Gasteiger partial charge >= 0.3 is 0 Å². The standard InChI is InChI=1S/C33H25N/c1-3-12-31-27(7-1)9-5-11-29(31)23-24-15-17-25(18-16-24)26-19-21-30(22-20-26)34-33-14-6-10-28-8-2-4-13-32(28)33/h1-22,34H,23H2. The average molecular weight is 436 g/mol. The van der Waals surface area contributed by atoms with E-state index in [4.69, 9.17) is 0 Å². The number of fused-ring (bicyclic) bond motifs is 2. The van der Waals surface area contributed by atoms with Crippen LogP contribution in [0.25, 0.3) is 32.7 Å². The quantitative estimate of drug-likeness (QED) is 0.285. The summed E-state index contributed by atoms with van der Waals surface area (Å²) in [6.07, 6.45) is 0.940. The van der Waals surface area contributed by atoms with E-state index in [-0.39, 0.29) is 0 Å². The van der Waals surface area contributed by atoms with Crippen molar-refractivity contribution < 1.29 is 0 Å². The van der Waals surface area contributed by atoms with Gasteiger partial charge in [0.05, 0.1) is 0 Å². The van der Waals surface area contributed by atoms with Crippen molar-refractivity contribution in [3.05, 3.63) is 145 Å². The van der Waals surface area contributed by atoms with E-state index >= 15 is 0 Å². The zero-order valence-electron chi connectivity index (χ0n) is 18.9. The van der Waals surface area contributed by atoms with E-state index in [1.165, 1.54) is 43.8 Å². The second kappa shape index (κ2) is 8.88.